The van der Waals surface area contributed by atoms with Crippen LogP contribution in [-0.2, 0) is 19.2 Å². The van der Waals surface area contributed by atoms with E-state index in [0.29, 0.717) is 103 Å². The van der Waals surface area contributed by atoms with Crippen LogP contribution >= 0.6 is 0 Å². The number of amides is 6. The minimum Gasteiger partial charge on any atom is -0.497 e. The second-order valence-electron chi connectivity index (χ2n) is 20.1. The van der Waals surface area contributed by atoms with Gasteiger partial charge in [0.25, 0.3) is 23.6 Å². The van der Waals surface area contributed by atoms with Gasteiger partial charge in [-0.05, 0) is 111 Å². The van der Waals surface area contributed by atoms with Crippen LogP contribution < -0.4 is 34.3 Å². The van der Waals surface area contributed by atoms with Crippen molar-refractivity contribution in [3.05, 3.63) is 120 Å². The quantitative estimate of drug-likeness (QED) is 0.0476. The van der Waals surface area contributed by atoms with Crippen molar-refractivity contribution in [2.75, 3.05) is 67.0 Å². The van der Waals surface area contributed by atoms with E-state index in [1.54, 1.807) is 53.6 Å². The average Bonchev–Trinajstić information content (AvgIpc) is 4.36. The molecule has 5 aliphatic rings. The second-order valence-corrected chi connectivity index (χ2v) is 20.1. The Kier molecular flexibility index (Phi) is 17.6. The van der Waals surface area contributed by atoms with E-state index in [1.807, 2.05) is 75.0 Å². The summed E-state index contributed by atoms with van der Waals surface area (Å²) in [5.74, 6) is 0.806. The Labute approximate surface area is 459 Å². The Balaban J connectivity index is 0.767. The number of hydrogen-bond donors (Lipinski definition) is 2. The fourth-order valence-corrected chi connectivity index (χ4v) is 10.1. The molecule has 3 atom stereocenters. The van der Waals surface area contributed by atoms with Gasteiger partial charge >= 0.3 is 0 Å². The van der Waals surface area contributed by atoms with Crippen LogP contribution in [0.1, 0.15) is 96.1 Å². The molecule has 0 bridgehead atoms. The number of rotatable bonds is 25. The number of fused-ring (bicyclic) bond motifs is 4. The standard InChI is InChI=1S/C60H66N8O11/c1-65(2)24-10-8-12-48(64-55(69)13-7-6-9-25-66-56(70)22-23-57(66)71)58(72)63-42-18-14-38(15-19-42)40-28-43-34-61-49-32-53(51(76-4)30-46(49)59(73)67(43)36-40)78-26-11-27-79-54-33-50-47(31-52(54)77-5)60(74)68-37-41(29-44(68)35-62-50)39-16-20-45(75-3)21-17-39/h14-23,30-37,43-44,48H,6-13,24-29H2,1-5H3,(H,63,72)(H,64,69). The van der Waals surface area contributed by atoms with Crippen LogP contribution in [0.25, 0.3) is 11.1 Å². The molecular formula is C60H66N8O11. The van der Waals surface area contributed by atoms with Crippen LogP contribution in [0.15, 0.2) is 107 Å². The topological polar surface area (TPSA) is 210 Å². The lowest BCUT2D eigenvalue weighted by atomic mass is 10.0. The molecule has 5 aliphatic heterocycles. The first kappa shape index (κ1) is 55.2. The number of anilines is 1. The van der Waals surface area contributed by atoms with Crippen molar-refractivity contribution in [3.8, 4) is 28.7 Å². The van der Waals surface area contributed by atoms with Crippen molar-refractivity contribution in [3.63, 3.8) is 0 Å². The molecule has 412 valence electrons. The molecule has 6 amide bonds. The third kappa shape index (κ3) is 13.1. The monoisotopic (exact) mass is 1070 g/mol. The van der Waals surface area contributed by atoms with Gasteiger partial charge in [0.05, 0.1) is 69.1 Å². The summed E-state index contributed by atoms with van der Waals surface area (Å²) in [6.07, 6.45) is 15.5. The minimum absolute atomic E-state index is 0.180. The number of ether oxygens (including phenoxy) is 5. The highest BCUT2D eigenvalue weighted by Gasteiger charge is 2.35. The lowest BCUT2D eigenvalue weighted by Gasteiger charge is -2.19. The predicted molar refractivity (Wildman–Crippen MR) is 300 cm³/mol. The maximum Gasteiger partial charge on any atom is 0.260 e. The smallest absolute Gasteiger partial charge is 0.260 e. The van der Waals surface area contributed by atoms with E-state index >= 15 is 0 Å². The molecule has 0 aliphatic carbocycles. The number of nitrogens with one attached hydrogen (secondary N) is 2. The average molecular weight is 1080 g/mol. The van der Waals surface area contributed by atoms with E-state index in [1.165, 1.54) is 31.3 Å². The van der Waals surface area contributed by atoms with E-state index in [2.05, 4.69) is 15.5 Å². The second kappa shape index (κ2) is 25.3. The molecule has 0 spiro atoms. The lowest BCUT2D eigenvalue weighted by molar-refractivity contribution is -0.137. The molecule has 0 aromatic heterocycles. The number of imide groups is 1. The zero-order valence-electron chi connectivity index (χ0n) is 45.2. The summed E-state index contributed by atoms with van der Waals surface area (Å²) < 4.78 is 29.0. The van der Waals surface area contributed by atoms with Gasteiger partial charge in [0, 0.05) is 87.0 Å². The van der Waals surface area contributed by atoms with Crippen LogP contribution in [0.2, 0.25) is 0 Å². The number of nitrogens with zero attached hydrogens (tertiary/aromatic N) is 6. The first-order valence-electron chi connectivity index (χ1n) is 26.7. The molecule has 0 fully saturated rings. The molecule has 4 aromatic carbocycles. The molecule has 19 heteroatoms. The number of hydrogen-bond acceptors (Lipinski definition) is 14. The molecule has 79 heavy (non-hydrogen) atoms. The molecule has 2 N–H and O–H groups in total. The number of unbranched alkanes of at least 4 members (excludes halogenated alkanes) is 3. The zero-order chi connectivity index (χ0) is 55.6. The van der Waals surface area contributed by atoms with Crippen molar-refractivity contribution in [2.45, 2.75) is 82.3 Å². The maximum absolute atomic E-state index is 14.2. The Morgan fingerprint density at radius 3 is 1.71 bits per heavy atom. The summed E-state index contributed by atoms with van der Waals surface area (Å²) in [5.41, 5.74) is 6.13. The largest absolute Gasteiger partial charge is 0.497 e. The summed E-state index contributed by atoms with van der Waals surface area (Å²) in [6.45, 7) is 1.68. The molecule has 0 saturated heterocycles. The highest BCUT2D eigenvalue weighted by atomic mass is 16.5. The summed E-state index contributed by atoms with van der Waals surface area (Å²) in [7, 11) is 8.65. The zero-order valence-corrected chi connectivity index (χ0v) is 45.2. The van der Waals surface area contributed by atoms with E-state index < -0.39 is 6.04 Å². The third-order valence-electron chi connectivity index (χ3n) is 14.4. The van der Waals surface area contributed by atoms with Crippen LogP contribution in [0.3, 0.4) is 0 Å². The first-order valence-corrected chi connectivity index (χ1v) is 26.7. The van der Waals surface area contributed by atoms with Gasteiger partial charge in [0.2, 0.25) is 11.8 Å². The van der Waals surface area contributed by atoms with E-state index in [9.17, 15) is 28.8 Å². The maximum atomic E-state index is 14.2. The van der Waals surface area contributed by atoms with Gasteiger partial charge in [0.15, 0.2) is 23.0 Å². The van der Waals surface area contributed by atoms with Crippen LogP contribution in [0.4, 0.5) is 17.1 Å². The highest BCUT2D eigenvalue weighted by molar-refractivity contribution is 6.13. The first-order chi connectivity index (χ1) is 38.3. The van der Waals surface area contributed by atoms with E-state index in [-0.39, 0.29) is 67.2 Å². The summed E-state index contributed by atoms with van der Waals surface area (Å²) in [6, 6.07) is 20.6. The minimum atomic E-state index is -0.736. The van der Waals surface area contributed by atoms with Gasteiger partial charge < -0.3 is 49.0 Å². The third-order valence-corrected chi connectivity index (χ3v) is 14.4. The normalized spacial score (nSPS) is 17.4. The van der Waals surface area contributed by atoms with Crippen LogP contribution in [-0.4, -0.2) is 147 Å². The Morgan fingerprint density at radius 2 is 1.19 bits per heavy atom. The molecule has 5 heterocycles. The molecular weight excluding hydrogens is 1010 g/mol. The molecule has 0 radical (unpaired) electrons. The predicted octanol–water partition coefficient (Wildman–Crippen LogP) is 8.14. The number of methoxy groups -OCH3 is 3. The molecule has 3 unspecified atom stereocenters. The van der Waals surface area contributed by atoms with Crippen molar-refractivity contribution in [1.82, 2.24) is 24.9 Å². The van der Waals surface area contributed by atoms with Gasteiger partial charge in [-0.1, -0.05) is 30.7 Å². The van der Waals surface area contributed by atoms with Crippen molar-refractivity contribution >= 4 is 76.1 Å². The van der Waals surface area contributed by atoms with E-state index in [4.69, 9.17) is 33.7 Å². The molecule has 19 nitrogen and oxygen atoms in total. The van der Waals surface area contributed by atoms with Crippen LogP contribution in [0.5, 0.6) is 28.7 Å². The van der Waals surface area contributed by atoms with Crippen molar-refractivity contribution < 1.29 is 52.5 Å². The Hall–Kier alpha value is -8.58. The van der Waals surface area contributed by atoms with Gasteiger partial charge in [-0.3, -0.25) is 43.7 Å². The van der Waals surface area contributed by atoms with Crippen LogP contribution in [0, 0.1) is 0 Å². The van der Waals surface area contributed by atoms with Crippen molar-refractivity contribution in [2.24, 2.45) is 9.98 Å². The van der Waals surface area contributed by atoms with Gasteiger partial charge in [-0.15, -0.1) is 0 Å². The fourth-order valence-electron chi connectivity index (χ4n) is 10.1. The number of benzene rings is 4. The Morgan fingerprint density at radius 1 is 0.646 bits per heavy atom. The molecule has 9 rings (SSSR count). The summed E-state index contributed by atoms with van der Waals surface area (Å²) >= 11 is 0. The number of aliphatic imine (C=N–C) groups is 2. The van der Waals surface area contributed by atoms with Gasteiger partial charge in [0.1, 0.15) is 11.8 Å². The van der Waals surface area contributed by atoms with Gasteiger partial charge in [-0.2, -0.15) is 0 Å². The van der Waals surface area contributed by atoms with Crippen molar-refractivity contribution in [1.29, 1.82) is 0 Å². The lowest BCUT2D eigenvalue weighted by Crippen LogP contribution is -2.43. The summed E-state index contributed by atoms with van der Waals surface area (Å²) in [4.78, 5) is 94.5. The van der Waals surface area contributed by atoms with Gasteiger partial charge in [-0.25, -0.2) is 0 Å². The van der Waals surface area contributed by atoms with E-state index in [0.717, 1.165) is 47.4 Å². The number of carbonyl (C=O) groups excluding carboxylic acids is 6. The molecule has 4 aromatic rings. The SMILES string of the molecule is COc1ccc(C2=CN3C(=O)c4cc(OC)c(OCCCOc5cc6c(cc5OC)C(=O)N5C=C(c7ccc(NC(=O)C(CCCCN(C)C)NC(=O)CCCCCN8C(=O)C=CC8=O)cc7)CC5C=N6)cc4N=CC3C2)cc1. The highest BCUT2D eigenvalue weighted by Crippen LogP contribution is 2.42. The fraction of sp³-hybridized carbons (Fsp3) is 0.367. The molecule has 0 saturated carbocycles. The summed E-state index contributed by atoms with van der Waals surface area (Å²) in [5, 5.41) is 5.91. The Bertz CT molecular complexity index is 3110. The number of carbonyl (C=O) groups is 6.